The number of para-hydroxylation sites is 1. The molecule has 0 heterocycles. The van der Waals surface area contributed by atoms with Crippen LogP contribution in [0.4, 0.5) is 5.69 Å². The summed E-state index contributed by atoms with van der Waals surface area (Å²) in [5.74, 6) is -0.430. The summed E-state index contributed by atoms with van der Waals surface area (Å²) in [5.41, 5.74) is 0.0264. The molecular weight excluding hydrogens is 238 g/mol. The molecule has 0 spiro atoms. The van der Waals surface area contributed by atoms with E-state index in [0.29, 0.717) is 10.7 Å². The number of carbonyl (C=O) groups is 2. The highest BCUT2D eigenvalue weighted by Gasteiger charge is 2.23. The van der Waals surface area contributed by atoms with Crippen molar-refractivity contribution < 1.29 is 9.59 Å². The third kappa shape index (κ3) is 4.19. The summed E-state index contributed by atoms with van der Waals surface area (Å²) in [7, 11) is 0. The second-order valence-corrected chi connectivity index (χ2v) is 5.29. The van der Waals surface area contributed by atoms with E-state index in [1.807, 2.05) is 0 Å². The number of amides is 1. The molecule has 0 fully saturated rings. The molecule has 0 radical (unpaired) electrons. The maximum absolute atomic E-state index is 11.7. The van der Waals surface area contributed by atoms with Gasteiger partial charge in [0.05, 0.1) is 17.1 Å². The maximum atomic E-state index is 11.7. The summed E-state index contributed by atoms with van der Waals surface area (Å²) in [6.07, 6.45) is -0.130. The van der Waals surface area contributed by atoms with Gasteiger partial charge in [-0.2, -0.15) is 0 Å². The van der Waals surface area contributed by atoms with E-state index in [1.54, 1.807) is 45.0 Å². The molecule has 1 aromatic rings. The Kier molecular flexibility index (Phi) is 4.29. The molecule has 0 aliphatic rings. The Morgan fingerprint density at radius 3 is 2.35 bits per heavy atom. The maximum Gasteiger partial charge on any atom is 0.231 e. The van der Waals surface area contributed by atoms with Gasteiger partial charge in [0.25, 0.3) is 0 Å². The Labute approximate surface area is 106 Å². The minimum atomic E-state index is -0.502. The lowest BCUT2D eigenvalue weighted by molar-refractivity contribution is -0.130. The Morgan fingerprint density at radius 1 is 1.24 bits per heavy atom. The minimum Gasteiger partial charge on any atom is -0.324 e. The zero-order chi connectivity index (χ0) is 13.1. The Bertz CT molecular complexity index is 435. The van der Waals surface area contributed by atoms with Gasteiger partial charge in [0, 0.05) is 5.41 Å². The van der Waals surface area contributed by atoms with E-state index in [4.69, 9.17) is 11.6 Å². The number of rotatable bonds is 3. The van der Waals surface area contributed by atoms with Crippen molar-refractivity contribution in [3.8, 4) is 0 Å². The molecule has 1 N–H and O–H groups in total. The molecule has 0 unspecified atom stereocenters. The van der Waals surface area contributed by atoms with Crippen molar-refractivity contribution in [2.24, 2.45) is 5.41 Å². The molecule has 1 rings (SSSR count). The molecule has 0 atom stereocenters. The van der Waals surface area contributed by atoms with Gasteiger partial charge in [-0.1, -0.05) is 44.5 Å². The van der Waals surface area contributed by atoms with Crippen LogP contribution >= 0.6 is 11.6 Å². The van der Waals surface area contributed by atoms with Crippen LogP contribution in [0.3, 0.4) is 0 Å². The van der Waals surface area contributed by atoms with Crippen LogP contribution in [0, 0.1) is 5.41 Å². The first-order chi connectivity index (χ1) is 7.80. The van der Waals surface area contributed by atoms with Crippen molar-refractivity contribution in [2.45, 2.75) is 27.2 Å². The molecular formula is C13H16ClNO2. The van der Waals surface area contributed by atoms with Crippen LogP contribution in [-0.4, -0.2) is 11.7 Å². The van der Waals surface area contributed by atoms with Gasteiger partial charge < -0.3 is 5.32 Å². The Hall–Kier alpha value is -1.35. The molecule has 4 heteroatoms. The van der Waals surface area contributed by atoms with Gasteiger partial charge >= 0.3 is 0 Å². The molecule has 0 aromatic heterocycles. The van der Waals surface area contributed by atoms with E-state index >= 15 is 0 Å². The molecule has 0 aliphatic heterocycles. The number of carbonyl (C=O) groups excluding carboxylic acids is 2. The van der Waals surface area contributed by atoms with Crippen LogP contribution in [0.25, 0.3) is 0 Å². The second-order valence-electron chi connectivity index (χ2n) is 4.88. The van der Waals surface area contributed by atoms with E-state index < -0.39 is 5.41 Å². The summed E-state index contributed by atoms with van der Waals surface area (Å²) in [4.78, 5) is 23.3. The fraction of sp³-hybridized carbons (Fsp3) is 0.385. The van der Waals surface area contributed by atoms with Crippen LogP contribution < -0.4 is 5.32 Å². The van der Waals surface area contributed by atoms with Crippen LogP contribution in [-0.2, 0) is 9.59 Å². The summed E-state index contributed by atoms with van der Waals surface area (Å²) in [6, 6.07) is 6.93. The topological polar surface area (TPSA) is 46.2 Å². The predicted octanol–water partition coefficient (Wildman–Crippen LogP) is 3.28. The number of Topliss-reactive ketones (excluding diaryl/α,β-unsaturated/α-hetero) is 1. The molecule has 0 aliphatic carbocycles. The summed E-state index contributed by atoms with van der Waals surface area (Å²) >= 11 is 5.90. The van der Waals surface area contributed by atoms with Crippen LogP contribution in [0.1, 0.15) is 27.2 Å². The lowest BCUT2D eigenvalue weighted by atomic mass is 9.89. The highest BCUT2D eigenvalue weighted by molar-refractivity contribution is 6.33. The van der Waals surface area contributed by atoms with Gasteiger partial charge in [0.2, 0.25) is 5.91 Å². The van der Waals surface area contributed by atoms with Crippen molar-refractivity contribution in [1.82, 2.24) is 0 Å². The number of benzene rings is 1. The number of hydrogen-bond donors (Lipinski definition) is 1. The Morgan fingerprint density at radius 2 is 1.82 bits per heavy atom. The average Bonchev–Trinajstić information content (AvgIpc) is 2.20. The minimum absolute atomic E-state index is 0.0953. The summed E-state index contributed by atoms with van der Waals surface area (Å²) < 4.78 is 0. The fourth-order valence-electron chi connectivity index (χ4n) is 1.17. The lowest BCUT2D eigenvalue weighted by Gasteiger charge is -2.16. The summed E-state index contributed by atoms with van der Waals surface area (Å²) in [5, 5.41) is 3.08. The largest absolute Gasteiger partial charge is 0.324 e. The summed E-state index contributed by atoms with van der Waals surface area (Å²) in [6.45, 7) is 5.37. The number of hydrogen-bond acceptors (Lipinski definition) is 2. The predicted molar refractivity (Wildman–Crippen MR) is 69.2 cm³/mol. The number of nitrogens with one attached hydrogen (secondary N) is 1. The first-order valence-corrected chi connectivity index (χ1v) is 5.76. The van der Waals surface area contributed by atoms with Gasteiger partial charge in [-0.3, -0.25) is 9.59 Å². The smallest absolute Gasteiger partial charge is 0.231 e. The quantitative estimate of drug-likeness (QED) is 0.841. The fourth-order valence-corrected chi connectivity index (χ4v) is 1.35. The SMILES string of the molecule is CC(C)(C)C(=O)CC(=O)Nc1ccccc1Cl. The highest BCUT2D eigenvalue weighted by Crippen LogP contribution is 2.21. The van der Waals surface area contributed by atoms with E-state index in [1.165, 1.54) is 0 Å². The standard InChI is InChI=1S/C13H16ClNO2/c1-13(2,3)11(16)8-12(17)15-10-7-5-4-6-9(10)14/h4-7H,8H2,1-3H3,(H,15,17). The van der Waals surface area contributed by atoms with Crippen molar-refractivity contribution >= 4 is 29.0 Å². The van der Waals surface area contributed by atoms with Crippen LogP contribution in [0.15, 0.2) is 24.3 Å². The molecule has 1 aromatic carbocycles. The number of anilines is 1. The first-order valence-electron chi connectivity index (χ1n) is 5.38. The van der Waals surface area contributed by atoms with Gasteiger partial charge in [0.1, 0.15) is 5.78 Å². The lowest BCUT2D eigenvalue weighted by Crippen LogP contribution is -2.26. The number of halogens is 1. The van der Waals surface area contributed by atoms with Crippen molar-refractivity contribution in [3.63, 3.8) is 0 Å². The zero-order valence-electron chi connectivity index (χ0n) is 10.2. The molecule has 0 saturated heterocycles. The van der Waals surface area contributed by atoms with Gasteiger partial charge in [0.15, 0.2) is 0 Å². The van der Waals surface area contributed by atoms with Crippen molar-refractivity contribution in [3.05, 3.63) is 29.3 Å². The molecule has 0 saturated carbocycles. The molecule has 3 nitrogen and oxygen atoms in total. The van der Waals surface area contributed by atoms with Crippen LogP contribution in [0.2, 0.25) is 5.02 Å². The Balaban J connectivity index is 2.63. The van der Waals surface area contributed by atoms with Gasteiger partial charge in [-0.25, -0.2) is 0 Å². The number of ketones is 1. The molecule has 0 bridgehead atoms. The van der Waals surface area contributed by atoms with E-state index in [2.05, 4.69) is 5.32 Å². The molecule has 17 heavy (non-hydrogen) atoms. The molecule has 1 amide bonds. The van der Waals surface area contributed by atoms with E-state index in [0.717, 1.165) is 0 Å². The third-order valence-electron chi connectivity index (χ3n) is 2.31. The van der Waals surface area contributed by atoms with Gasteiger partial charge in [-0.15, -0.1) is 0 Å². The third-order valence-corrected chi connectivity index (χ3v) is 2.64. The highest BCUT2D eigenvalue weighted by atomic mass is 35.5. The van der Waals surface area contributed by atoms with E-state index in [-0.39, 0.29) is 18.1 Å². The van der Waals surface area contributed by atoms with Crippen molar-refractivity contribution in [2.75, 3.05) is 5.32 Å². The first kappa shape index (κ1) is 13.7. The van der Waals surface area contributed by atoms with Crippen LogP contribution in [0.5, 0.6) is 0 Å². The second kappa shape index (κ2) is 5.32. The normalized spacial score (nSPS) is 11.1. The van der Waals surface area contributed by atoms with Gasteiger partial charge in [-0.05, 0) is 12.1 Å². The van der Waals surface area contributed by atoms with E-state index in [9.17, 15) is 9.59 Å². The molecule has 92 valence electrons. The average molecular weight is 254 g/mol. The zero-order valence-corrected chi connectivity index (χ0v) is 11.0. The van der Waals surface area contributed by atoms with Crippen molar-refractivity contribution in [1.29, 1.82) is 0 Å². The monoisotopic (exact) mass is 253 g/mol.